The van der Waals surface area contributed by atoms with Gasteiger partial charge in [-0.1, -0.05) is 58.8 Å². The van der Waals surface area contributed by atoms with Crippen molar-refractivity contribution in [2.24, 2.45) is 0 Å². The molecule has 0 amide bonds. The Balaban J connectivity index is 4.35. The molecule has 0 heterocycles. The van der Waals surface area contributed by atoms with Gasteiger partial charge < -0.3 is 9.47 Å². The van der Waals surface area contributed by atoms with Gasteiger partial charge in [0.2, 0.25) is 0 Å². The maximum absolute atomic E-state index is 11.3. The average Bonchev–Trinajstić information content (AvgIpc) is 2.56. The van der Waals surface area contributed by atoms with E-state index in [0.717, 1.165) is 31.4 Å². The summed E-state index contributed by atoms with van der Waals surface area (Å²) in [6.07, 6.45) is 11.5. The van der Waals surface area contributed by atoms with Crippen molar-refractivity contribution < 1.29 is 19.1 Å². The zero-order chi connectivity index (χ0) is 18.9. The summed E-state index contributed by atoms with van der Waals surface area (Å²) >= 11 is 1.78. The minimum Gasteiger partial charge on any atom is -0.465 e. The smallest absolute Gasteiger partial charge is 0.302 e. The van der Waals surface area contributed by atoms with E-state index in [4.69, 9.17) is 9.47 Å². The molecular formula is C20H38O4S. The fourth-order valence-corrected chi connectivity index (χ4v) is 3.90. The van der Waals surface area contributed by atoms with Gasteiger partial charge in [0.05, 0.1) is 0 Å². The number of unbranched alkanes of at least 4 members (excludes halogenated alkanes) is 6. The lowest BCUT2D eigenvalue weighted by molar-refractivity contribution is -0.145. The van der Waals surface area contributed by atoms with E-state index in [2.05, 4.69) is 13.8 Å². The number of carbonyl (C=O) groups is 2. The highest BCUT2D eigenvalue weighted by molar-refractivity contribution is 7.99. The lowest BCUT2D eigenvalue weighted by Gasteiger charge is -2.21. The quantitative estimate of drug-likeness (QED) is 0.263. The van der Waals surface area contributed by atoms with E-state index in [9.17, 15) is 9.59 Å². The van der Waals surface area contributed by atoms with Gasteiger partial charge in [-0.05, 0) is 19.3 Å². The Kier molecular flexibility index (Phi) is 16.3. The molecule has 25 heavy (non-hydrogen) atoms. The molecule has 0 fully saturated rings. The summed E-state index contributed by atoms with van der Waals surface area (Å²) < 4.78 is 10.7. The van der Waals surface area contributed by atoms with Crippen LogP contribution in [0.2, 0.25) is 0 Å². The molecule has 0 spiro atoms. The molecule has 0 saturated carbocycles. The summed E-state index contributed by atoms with van der Waals surface area (Å²) in [7, 11) is 0. The first-order valence-electron chi connectivity index (χ1n) is 9.91. The van der Waals surface area contributed by atoms with Crippen LogP contribution in [-0.4, -0.2) is 35.7 Å². The third-order valence-electron chi connectivity index (χ3n) is 4.08. The summed E-state index contributed by atoms with van der Waals surface area (Å²) in [6, 6.07) is 0. The van der Waals surface area contributed by atoms with Crippen molar-refractivity contribution >= 4 is 23.7 Å². The Morgan fingerprint density at radius 3 is 1.96 bits per heavy atom. The molecular weight excluding hydrogens is 336 g/mol. The van der Waals surface area contributed by atoms with Crippen LogP contribution in [0, 0.1) is 0 Å². The lowest BCUT2D eigenvalue weighted by Crippen LogP contribution is -2.23. The number of ether oxygens (including phenoxy) is 2. The van der Waals surface area contributed by atoms with Crippen molar-refractivity contribution in [1.82, 2.24) is 0 Å². The van der Waals surface area contributed by atoms with E-state index in [1.807, 2.05) is 0 Å². The van der Waals surface area contributed by atoms with Gasteiger partial charge in [-0.15, -0.1) is 0 Å². The highest BCUT2D eigenvalue weighted by Gasteiger charge is 2.17. The standard InChI is InChI=1S/C20H38O4S/c1-5-7-9-11-13-19(24-18(4)22)16-25-20(15-23-17(3)21)14-12-10-8-6-2/h19-20H,5-16H2,1-4H3. The monoisotopic (exact) mass is 374 g/mol. The van der Waals surface area contributed by atoms with Crippen LogP contribution in [0.1, 0.15) is 91.9 Å². The van der Waals surface area contributed by atoms with Crippen molar-refractivity contribution in [3.05, 3.63) is 0 Å². The van der Waals surface area contributed by atoms with Crippen molar-refractivity contribution in [3.63, 3.8) is 0 Å². The van der Waals surface area contributed by atoms with Gasteiger partial charge in [0.1, 0.15) is 12.7 Å². The molecule has 0 aliphatic heterocycles. The third kappa shape index (κ3) is 16.5. The number of thioether (sulfide) groups is 1. The number of hydrogen-bond acceptors (Lipinski definition) is 5. The van der Waals surface area contributed by atoms with Gasteiger partial charge in [0, 0.05) is 24.9 Å². The molecule has 0 aromatic rings. The number of carbonyl (C=O) groups excluding carboxylic acids is 2. The number of rotatable bonds is 16. The van der Waals surface area contributed by atoms with Gasteiger partial charge in [-0.25, -0.2) is 0 Å². The molecule has 0 aromatic heterocycles. The number of esters is 2. The van der Waals surface area contributed by atoms with Crippen LogP contribution in [0.4, 0.5) is 0 Å². The minimum absolute atomic E-state index is 0.0326. The first-order valence-corrected chi connectivity index (χ1v) is 11.0. The Morgan fingerprint density at radius 2 is 1.44 bits per heavy atom. The minimum atomic E-state index is -0.227. The van der Waals surface area contributed by atoms with E-state index in [0.29, 0.717) is 6.61 Å². The molecule has 4 nitrogen and oxygen atoms in total. The molecule has 0 aliphatic rings. The second-order valence-corrected chi connectivity index (χ2v) is 8.02. The highest BCUT2D eigenvalue weighted by atomic mass is 32.2. The Morgan fingerprint density at radius 1 is 0.840 bits per heavy atom. The largest absolute Gasteiger partial charge is 0.465 e. The zero-order valence-electron chi connectivity index (χ0n) is 16.7. The van der Waals surface area contributed by atoms with E-state index >= 15 is 0 Å². The summed E-state index contributed by atoms with van der Waals surface area (Å²) in [5, 5.41) is 0.287. The topological polar surface area (TPSA) is 52.6 Å². The molecule has 0 aromatic carbocycles. The molecule has 0 radical (unpaired) electrons. The lowest BCUT2D eigenvalue weighted by atomic mass is 10.1. The first-order chi connectivity index (χ1) is 12.0. The predicted molar refractivity (Wildman–Crippen MR) is 106 cm³/mol. The average molecular weight is 375 g/mol. The van der Waals surface area contributed by atoms with Gasteiger partial charge in [0.15, 0.2) is 0 Å². The second-order valence-electron chi connectivity index (χ2n) is 6.69. The summed E-state index contributed by atoms with van der Waals surface area (Å²) in [5.41, 5.74) is 0. The van der Waals surface area contributed by atoms with Crippen LogP contribution in [0.5, 0.6) is 0 Å². The van der Waals surface area contributed by atoms with Crippen molar-refractivity contribution in [3.8, 4) is 0 Å². The van der Waals surface area contributed by atoms with Crippen LogP contribution in [0.25, 0.3) is 0 Å². The fraction of sp³-hybridized carbons (Fsp3) is 0.900. The second kappa shape index (κ2) is 16.7. The summed E-state index contributed by atoms with van der Waals surface area (Å²) in [5.74, 6) is 0.349. The molecule has 0 bridgehead atoms. The van der Waals surface area contributed by atoms with Crippen LogP contribution < -0.4 is 0 Å². The number of hydrogen-bond donors (Lipinski definition) is 0. The fourth-order valence-electron chi connectivity index (χ4n) is 2.68. The molecule has 0 N–H and O–H groups in total. The van der Waals surface area contributed by atoms with E-state index in [1.165, 1.54) is 52.4 Å². The van der Waals surface area contributed by atoms with Crippen LogP contribution in [0.15, 0.2) is 0 Å². The van der Waals surface area contributed by atoms with Crippen molar-refractivity contribution in [2.75, 3.05) is 12.4 Å². The maximum Gasteiger partial charge on any atom is 0.302 e. The van der Waals surface area contributed by atoms with Gasteiger partial charge >= 0.3 is 11.9 Å². The molecule has 2 unspecified atom stereocenters. The molecule has 0 saturated heterocycles. The van der Waals surface area contributed by atoms with Crippen molar-refractivity contribution in [2.45, 2.75) is 103 Å². The first kappa shape index (κ1) is 24.3. The van der Waals surface area contributed by atoms with Crippen LogP contribution in [-0.2, 0) is 19.1 Å². The van der Waals surface area contributed by atoms with E-state index < -0.39 is 0 Å². The van der Waals surface area contributed by atoms with Crippen LogP contribution in [0.3, 0.4) is 0 Å². The van der Waals surface area contributed by atoms with Crippen molar-refractivity contribution in [1.29, 1.82) is 0 Å². The normalized spacial score (nSPS) is 13.3. The third-order valence-corrected chi connectivity index (χ3v) is 5.49. The Bertz CT molecular complexity index is 347. The summed E-state index contributed by atoms with van der Waals surface area (Å²) in [4.78, 5) is 22.5. The van der Waals surface area contributed by atoms with Gasteiger partial charge in [0.25, 0.3) is 0 Å². The van der Waals surface area contributed by atoms with E-state index in [-0.39, 0.29) is 23.3 Å². The Labute approximate surface area is 158 Å². The highest BCUT2D eigenvalue weighted by Crippen LogP contribution is 2.23. The van der Waals surface area contributed by atoms with Gasteiger partial charge in [-0.3, -0.25) is 9.59 Å². The zero-order valence-corrected chi connectivity index (χ0v) is 17.5. The SMILES string of the molecule is CCCCCCC(CSC(CCCCCC)COC(C)=O)OC(C)=O. The molecule has 0 aliphatic carbocycles. The Hall–Kier alpha value is -0.710. The van der Waals surface area contributed by atoms with Gasteiger partial charge in [-0.2, -0.15) is 11.8 Å². The molecule has 5 heteroatoms. The van der Waals surface area contributed by atoms with E-state index in [1.54, 1.807) is 11.8 Å². The van der Waals surface area contributed by atoms with Crippen LogP contribution >= 0.6 is 11.8 Å². The maximum atomic E-state index is 11.3. The predicted octanol–water partition coefficient (Wildman–Crippen LogP) is 5.52. The summed E-state index contributed by atoms with van der Waals surface area (Å²) in [6.45, 7) is 7.78. The molecule has 0 rings (SSSR count). The molecule has 148 valence electrons. The molecule has 2 atom stereocenters.